The van der Waals surface area contributed by atoms with Crippen molar-refractivity contribution in [2.24, 2.45) is 0 Å². The first-order chi connectivity index (χ1) is 9.67. The Labute approximate surface area is 120 Å². The highest BCUT2D eigenvalue weighted by Gasteiger charge is 1.99. The first kappa shape index (κ1) is 14.1. The van der Waals surface area contributed by atoms with Crippen molar-refractivity contribution in [2.45, 2.75) is 26.8 Å². The second-order valence-corrected chi connectivity index (χ2v) is 4.82. The van der Waals surface area contributed by atoms with Crippen LogP contribution >= 0.6 is 0 Å². The average molecular weight is 268 g/mol. The van der Waals surface area contributed by atoms with Gasteiger partial charge in [-0.05, 0) is 36.8 Å². The standard InChI is InChI=1S/C17H20N2O/c1-3-17(20)19-16-10-8-15(9-11-16)18-12-14-6-4-13(2)5-7-14/h4-11,18H,3,12H2,1-2H3,(H,19,20). The summed E-state index contributed by atoms with van der Waals surface area (Å²) in [6.07, 6.45) is 0.493. The first-order valence-corrected chi connectivity index (χ1v) is 6.86. The van der Waals surface area contributed by atoms with Crippen molar-refractivity contribution in [1.82, 2.24) is 0 Å². The van der Waals surface area contributed by atoms with E-state index in [1.165, 1.54) is 11.1 Å². The number of nitrogens with one attached hydrogen (secondary N) is 2. The van der Waals surface area contributed by atoms with Gasteiger partial charge < -0.3 is 10.6 Å². The minimum Gasteiger partial charge on any atom is -0.381 e. The average Bonchev–Trinajstić information content (AvgIpc) is 2.48. The highest BCUT2D eigenvalue weighted by Crippen LogP contribution is 2.15. The van der Waals surface area contributed by atoms with E-state index in [1.54, 1.807) is 0 Å². The zero-order valence-corrected chi connectivity index (χ0v) is 11.9. The Bertz CT molecular complexity index is 559. The van der Waals surface area contributed by atoms with E-state index < -0.39 is 0 Å². The molecule has 2 N–H and O–H groups in total. The van der Waals surface area contributed by atoms with E-state index in [4.69, 9.17) is 0 Å². The number of hydrogen-bond acceptors (Lipinski definition) is 2. The monoisotopic (exact) mass is 268 g/mol. The van der Waals surface area contributed by atoms with Gasteiger partial charge in [-0.3, -0.25) is 4.79 Å². The molecule has 0 saturated heterocycles. The molecular weight excluding hydrogens is 248 g/mol. The summed E-state index contributed by atoms with van der Waals surface area (Å²) in [6, 6.07) is 16.2. The van der Waals surface area contributed by atoms with Crippen LogP contribution in [0.4, 0.5) is 11.4 Å². The number of carbonyl (C=O) groups is 1. The summed E-state index contributed by atoms with van der Waals surface area (Å²) in [4.78, 5) is 11.3. The lowest BCUT2D eigenvalue weighted by atomic mass is 10.1. The Hall–Kier alpha value is -2.29. The Morgan fingerprint density at radius 3 is 2.15 bits per heavy atom. The number of anilines is 2. The Balaban J connectivity index is 1.90. The van der Waals surface area contributed by atoms with E-state index in [0.717, 1.165) is 17.9 Å². The van der Waals surface area contributed by atoms with Crippen molar-refractivity contribution >= 4 is 17.3 Å². The van der Waals surface area contributed by atoms with E-state index in [2.05, 4.69) is 41.8 Å². The summed E-state index contributed by atoms with van der Waals surface area (Å²) in [7, 11) is 0. The van der Waals surface area contributed by atoms with Gasteiger partial charge in [-0.25, -0.2) is 0 Å². The maximum atomic E-state index is 11.3. The number of amides is 1. The van der Waals surface area contributed by atoms with Crippen LogP contribution in [0.25, 0.3) is 0 Å². The van der Waals surface area contributed by atoms with Crippen LogP contribution in [0.1, 0.15) is 24.5 Å². The van der Waals surface area contributed by atoms with Crippen molar-refractivity contribution in [3.8, 4) is 0 Å². The van der Waals surface area contributed by atoms with Crippen LogP contribution in [-0.2, 0) is 11.3 Å². The lowest BCUT2D eigenvalue weighted by Crippen LogP contribution is -2.09. The molecule has 0 aromatic heterocycles. The van der Waals surface area contributed by atoms with Gasteiger partial charge >= 0.3 is 0 Å². The minimum absolute atomic E-state index is 0.0327. The SMILES string of the molecule is CCC(=O)Nc1ccc(NCc2ccc(C)cc2)cc1. The second kappa shape index (κ2) is 6.75. The molecule has 0 unspecified atom stereocenters. The third-order valence-electron chi connectivity index (χ3n) is 3.11. The molecule has 2 aromatic rings. The molecule has 20 heavy (non-hydrogen) atoms. The van der Waals surface area contributed by atoms with Crippen molar-refractivity contribution in [3.63, 3.8) is 0 Å². The van der Waals surface area contributed by atoms with Gasteiger partial charge in [0.2, 0.25) is 5.91 Å². The largest absolute Gasteiger partial charge is 0.381 e. The molecule has 0 aliphatic carbocycles. The van der Waals surface area contributed by atoms with Gasteiger partial charge in [-0.15, -0.1) is 0 Å². The van der Waals surface area contributed by atoms with Gasteiger partial charge in [0.1, 0.15) is 0 Å². The molecular formula is C17H20N2O. The van der Waals surface area contributed by atoms with Crippen LogP contribution in [0.5, 0.6) is 0 Å². The van der Waals surface area contributed by atoms with Crippen molar-refractivity contribution in [3.05, 3.63) is 59.7 Å². The van der Waals surface area contributed by atoms with Crippen LogP contribution in [0.2, 0.25) is 0 Å². The summed E-state index contributed by atoms with van der Waals surface area (Å²) < 4.78 is 0. The quantitative estimate of drug-likeness (QED) is 0.862. The third-order valence-corrected chi connectivity index (χ3v) is 3.11. The molecule has 0 fully saturated rings. The fourth-order valence-corrected chi connectivity index (χ4v) is 1.83. The van der Waals surface area contributed by atoms with E-state index in [-0.39, 0.29) is 5.91 Å². The van der Waals surface area contributed by atoms with Gasteiger partial charge in [0, 0.05) is 24.3 Å². The molecule has 0 atom stereocenters. The molecule has 0 bridgehead atoms. The zero-order chi connectivity index (χ0) is 14.4. The van der Waals surface area contributed by atoms with Gasteiger partial charge in [-0.1, -0.05) is 36.8 Å². The fraction of sp³-hybridized carbons (Fsp3) is 0.235. The molecule has 0 spiro atoms. The van der Waals surface area contributed by atoms with Crippen LogP contribution in [-0.4, -0.2) is 5.91 Å². The highest BCUT2D eigenvalue weighted by atomic mass is 16.1. The molecule has 0 radical (unpaired) electrons. The maximum absolute atomic E-state index is 11.3. The molecule has 2 aromatic carbocycles. The van der Waals surface area contributed by atoms with Gasteiger partial charge in [0.05, 0.1) is 0 Å². The summed E-state index contributed by atoms with van der Waals surface area (Å²) in [5.41, 5.74) is 4.39. The summed E-state index contributed by atoms with van der Waals surface area (Å²) >= 11 is 0. The predicted octanol–water partition coefficient (Wildman–Crippen LogP) is 3.96. The number of rotatable bonds is 5. The number of carbonyl (C=O) groups excluding carboxylic acids is 1. The van der Waals surface area contributed by atoms with E-state index in [1.807, 2.05) is 31.2 Å². The van der Waals surface area contributed by atoms with Crippen LogP contribution in [0, 0.1) is 6.92 Å². The zero-order valence-electron chi connectivity index (χ0n) is 11.9. The topological polar surface area (TPSA) is 41.1 Å². The van der Waals surface area contributed by atoms with Crippen LogP contribution in [0.3, 0.4) is 0 Å². The van der Waals surface area contributed by atoms with E-state index in [9.17, 15) is 4.79 Å². The Kier molecular flexibility index (Phi) is 4.77. The fourth-order valence-electron chi connectivity index (χ4n) is 1.83. The first-order valence-electron chi connectivity index (χ1n) is 6.86. The molecule has 2 rings (SSSR count). The van der Waals surface area contributed by atoms with Crippen LogP contribution < -0.4 is 10.6 Å². The number of benzene rings is 2. The maximum Gasteiger partial charge on any atom is 0.224 e. The normalized spacial score (nSPS) is 10.1. The highest BCUT2D eigenvalue weighted by molar-refractivity contribution is 5.90. The molecule has 0 heterocycles. The van der Waals surface area contributed by atoms with E-state index >= 15 is 0 Å². The lowest BCUT2D eigenvalue weighted by Gasteiger charge is -2.08. The molecule has 0 saturated carbocycles. The third kappa shape index (κ3) is 4.12. The molecule has 1 amide bonds. The number of hydrogen-bond donors (Lipinski definition) is 2. The molecule has 0 aliphatic heterocycles. The minimum atomic E-state index is 0.0327. The lowest BCUT2D eigenvalue weighted by molar-refractivity contribution is -0.115. The molecule has 3 nitrogen and oxygen atoms in total. The summed E-state index contributed by atoms with van der Waals surface area (Å²) in [6.45, 7) is 4.72. The van der Waals surface area contributed by atoms with Crippen molar-refractivity contribution < 1.29 is 4.79 Å². The smallest absolute Gasteiger partial charge is 0.224 e. The summed E-state index contributed by atoms with van der Waals surface area (Å²) in [5.74, 6) is 0.0327. The molecule has 0 aliphatic rings. The van der Waals surface area contributed by atoms with Gasteiger partial charge in [0.15, 0.2) is 0 Å². The second-order valence-electron chi connectivity index (χ2n) is 4.82. The van der Waals surface area contributed by atoms with Crippen molar-refractivity contribution in [2.75, 3.05) is 10.6 Å². The Morgan fingerprint density at radius 1 is 0.950 bits per heavy atom. The molecule has 104 valence electrons. The summed E-state index contributed by atoms with van der Waals surface area (Å²) in [5, 5.41) is 6.19. The number of aryl methyl sites for hydroxylation is 1. The van der Waals surface area contributed by atoms with Gasteiger partial charge in [0.25, 0.3) is 0 Å². The Morgan fingerprint density at radius 2 is 1.55 bits per heavy atom. The van der Waals surface area contributed by atoms with Crippen molar-refractivity contribution in [1.29, 1.82) is 0 Å². The van der Waals surface area contributed by atoms with E-state index in [0.29, 0.717) is 6.42 Å². The molecule has 3 heteroatoms. The van der Waals surface area contributed by atoms with Crippen LogP contribution in [0.15, 0.2) is 48.5 Å². The predicted molar refractivity (Wildman–Crippen MR) is 83.9 cm³/mol. The van der Waals surface area contributed by atoms with Gasteiger partial charge in [-0.2, -0.15) is 0 Å².